The molecule has 0 amide bonds. The van der Waals surface area contributed by atoms with Gasteiger partial charge in [-0.15, -0.1) is 0 Å². The molecule has 2 unspecified atom stereocenters. The topological polar surface area (TPSA) is 32.5 Å². The van der Waals surface area contributed by atoms with Crippen LogP contribution in [0.3, 0.4) is 0 Å². The van der Waals surface area contributed by atoms with Gasteiger partial charge in [0.25, 0.3) is 0 Å². The summed E-state index contributed by atoms with van der Waals surface area (Å²) in [6.07, 6.45) is 1.20. The van der Waals surface area contributed by atoms with Crippen molar-refractivity contribution in [3.05, 3.63) is 30.3 Å². The van der Waals surface area contributed by atoms with Gasteiger partial charge in [-0.25, -0.2) is 0 Å². The maximum atomic E-state index is 5.96. The molecule has 0 bridgehead atoms. The molecule has 2 atom stereocenters. The van der Waals surface area contributed by atoms with Gasteiger partial charge in [0.1, 0.15) is 0 Å². The Morgan fingerprint density at radius 1 is 1.29 bits per heavy atom. The molecule has 1 aliphatic rings. The molecule has 2 N–H and O–H groups in total. The van der Waals surface area contributed by atoms with Gasteiger partial charge in [-0.1, -0.05) is 18.2 Å². The zero-order chi connectivity index (χ0) is 12.3. The van der Waals surface area contributed by atoms with E-state index in [-0.39, 0.29) is 0 Å². The molecule has 3 heteroatoms. The summed E-state index contributed by atoms with van der Waals surface area (Å²) in [6.45, 7) is 5.22. The standard InChI is InChI=1S/C14H23N3/c1-12-8-9-16(2)11-14(10-15)17(12)13-6-4-3-5-7-13/h3-7,12,14H,8-11,15H2,1-2H3. The van der Waals surface area contributed by atoms with Crippen LogP contribution in [0.15, 0.2) is 30.3 Å². The molecule has 0 aliphatic carbocycles. The van der Waals surface area contributed by atoms with Gasteiger partial charge in [0.05, 0.1) is 6.04 Å². The minimum Gasteiger partial charge on any atom is -0.363 e. The Morgan fingerprint density at radius 3 is 2.65 bits per heavy atom. The van der Waals surface area contributed by atoms with Crippen LogP contribution in [0.5, 0.6) is 0 Å². The summed E-state index contributed by atoms with van der Waals surface area (Å²) < 4.78 is 0. The normalized spacial score (nSPS) is 26.9. The van der Waals surface area contributed by atoms with Crippen LogP contribution in [0.2, 0.25) is 0 Å². The lowest BCUT2D eigenvalue weighted by Crippen LogP contribution is -2.48. The largest absolute Gasteiger partial charge is 0.363 e. The molecule has 94 valence electrons. The molecule has 3 nitrogen and oxygen atoms in total. The highest BCUT2D eigenvalue weighted by Crippen LogP contribution is 2.23. The third kappa shape index (κ3) is 2.79. The van der Waals surface area contributed by atoms with Crippen molar-refractivity contribution in [2.75, 3.05) is 31.6 Å². The molecule has 1 aromatic rings. The summed E-state index contributed by atoms with van der Waals surface area (Å²) >= 11 is 0. The second-order valence-corrected chi connectivity index (χ2v) is 5.03. The van der Waals surface area contributed by atoms with Gasteiger partial charge in [0.2, 0.25) is 0 Å². The zero-order valence-electron chi connectivity index (χ0n) is 10.8. The zero-order valence-corrected chi connectivity index (χ0v) is 10.8. The Kier molecular flexibility index (Phi) is 4.02. The number of para-hydroxylation sites is 1. The molecule has 2 rings (SSSR count). The van der Waals surface area contributed by atoms with Crippen molar-refractivity contribution >= 4 is 5.69 Å². The third-order valence-corrected chi connectivity index (χ3v) is 3.65. The Morgan fingerprint density at radius 2 is 2.00 bits per heavy atom. The molecule has 0 spiro atoms. The number of benzene rings is 1. The van der Waals surface area contributed by atoms with E-state index in [0.717, 1.165) is 13.1 Å². The number of hydrogen-bond donors (Lipinski definition) is 1. The summed E-state index contributed by atoms with van der Waals surface area (Å²) in [7, 11) is 2.18. The molecule has 0 aromatic heterocycles. The highest BCUT2D eigenvalue weighted by molar-refractivity contribution is 5.48. The Labute approximate surface area is 104 Å². The minimum absolute atomic E-state index is 0.417. The first-order valence-electron chi connectivity index (χ1n) is 6.44. The van der Waals surface area contributed by atoms with Crippen molar-refractivity contribution in [2.24, 2.45) is 5.73 Å². The van der Waals surface area contributed by atoms with Crippen molar-refractivity contribution in [3.8, 4) is 0 Å². The molecule has 1 aliphatic heterocycles. The third-order valence-electron chi connectivity index (χ3n) is 3.65. The lowest BCUT2D eigenvalue weighted by molar-refractivity contribution is 0.332. The average Bonchev–Trinajstić information content (AvgIpc) is 2.50. The van der Waals surface area contributed by atoms with E-state index < -0.39 is 0 Å². The lowest BCUT2D eigenvalue weighted by atomic mass is 10.1. The molecular formula is C14H23N3. The molecule has 1 saturated heterocycles. The first-order chi connectivity index (χ1) is 8.22. The summed E-state index contributed by atoms with van der Waals surface area (Å²) in [5.74, 6) is 0. The number of rotatable bonds is 2. The fourth-order valence-corrected chi connectivity index (χ4v) is 2.70. The molecule has 1 aromatic carbocycles. The summed E-state index contributed by atoms with van der Waals surface area (Å²) in [5, 5.41) is 0. The van der Waals surface area contributed by atoms with E-state index in [0.29, 0.717) is 18.6 Å². The van der Waals surface area contributed by atoms with Crippen LogP contribution in [0.4, 0.5) is 5.69 Å². The SMILES string of the molecule is CC1CCN(C)CC(CN)N1c1ccccc1. The predicted octanol–water partition coefficient (Wildman–Crippen LogP) is 1.54. The molecule has 0 radical (unpaired) electrons. The monoisotopic (exact) mass is 233 g/mol. The maximum absolute atomic E-state index is 5.96. The molecule has 1 fully saturated rings. The highest BCUT2D eigenvalue weighted by atomic mass is 15.3. The molecule has 0 saturated carbocycles. The van der Waals surface area contributed by atoms with Gasteiger partial charge in [-0.3, -0.25) is 0 Å². The van der Waals surface area contributed by atoms with Crippen LogP contribution in [-0.2, 0) is 0 Å². The van der Waals surface area contributed by atoms with Crippen molar-refractivity contribution in [1.82, 2.24) is 4.90 Å². The van der Waals surface area contributed by atoms with Gasteiger partial charge < -0.3 is 15.5 Å². The van der Waals surface area contributed by atoms with E-state index >= 15 is 0 Å². The van der Waals surface area contributed by atoms with Crippen LogP contribution in [0, 0.1) is 0 Å². The summed E-state index contributed by atoms with van der Waals surface area (Å²) in [5.41, 5.74) is 7.25. The fourth-order valence-electron chi connectivity index (χ4n) is 2.70. The Bertz CT molecular complexity index is 339. The second-order valence-electron chi connectivity index (χ2n) is 5.03. The van der Waals surface area contributed by atoms with Crippen LogP contribution >= 0.6 is 0 Å². The van der Waals surface area contributed by atoms with Crippen molar-refractivity contribution in [3.63, 3.8) is 0 Å². The Balaban J connectivity index is 2.27. The van der Waals surface area contributed by atoms with E-state index in [1.807, 2.05) is 0 Å². The van der Waals surface area contributed by atoms with Crippen LogP contribution in [0.1, 0.15) is 13.3 Å². The van der Waals surface area contributed by atoms with E-state index in [9.17, 15) is 0 Å². The number of likely N-dealkylation sites (N-methyl/N-ethyl adjacent to an activating group) is 1. The van der Waals surface area contributed by atoms with Crippen molar-refractivity contribution in [1.29, 1.82) is 0 Å². The van der Waals surface area contributed by atoms with E-state index in [2.05, 4.69) is 54.1 Å². The predicted molar refractivity (Wildman–Crippen MR) is 73.3 cm³/mol. The van der Waals surface area contributed by atoms with Crippen LogP contribution in [0.25, 0.3) is 0 Å². The first-order valence-corrected chi connectivity index (χ1v) is 6.44. The van der Waals surface area contributed by atoms with Crippen molar-refractivity contribution in [2.45, 2.75) is 25.4 Å². The number of anilines is 1. The summed E-state index contributed by atoms with van der Waals surface area (Å²) in [4.78, 5) is 4.88. The number of nitrogens with two attached hydrogens (primary N) is 1. The maximum Gasteiger partial charge on any atom is 0.0542 e. The van der Waals surface area contributed by atoms with Gasteiger partial charge in [-0.05, 0) is 39.1 Å². The lowest BCUT2D eigenvalue weighted by Gasteiger charge is -2.36. The van der Waals surface area contributed by atoms with E-state index in [1.54, 1.807) is 0 Å². The number of hydrogen-bond acceptors (Lipinski definition) is 3. The summed E-state index contributed by atoms with van der Waals surface area (Å²) in [6, 6.07) is 11.6. The van der Waals surface area contributed by atoms with Crippen LogP contribution in [-0.4, -0.2) is 43.7 Å². The van der Waals surface area contributed by atoms with Crippen LogP contribution < -0.4 is 10.6 Å². The van der Waals surface area contributed by atoms with E-state index in [1.165, 1.54) is 12.1 Å². The van der Waals surface area contributed by atoms with Gasteiger partial charge >= 0.3 is 0 Å². The molecular weight excluding hydrogens is 210 g/mol. The number of nitrogens with zero attached hydrogens (tertiary/aromatic N) is 2. The van der Waals surface area contributed by atoms with E-state index in [4.69, 9.17) is 5.73 Å². The smallest absolute Gasteiger partial charge is 0.0542 e. The second kappa shape index (κ2) is 5.52. The fraction of sp³-hybridized carbons (Fsp3) is 0.571. The van der Waals surface area contributed by atoms with Gasteiger partial charge in [-0.2, -0.15) is 0 Å². The molecule has 1 heterocycles. The molecule has 17 heavy (non-hydrogen) atoms. The van der Waals surface area contributed by atoms with Gasteiger partial charge in [0.15, 0.2) is 0 Å². The first kappa shape index (κ1) is 12.4. The van der Waals surface area contributed by atoms with Crippen molar-refractivity contribution < 1.29 is 0 Å². The highest BCUT2D eigenvalue weighted by Gasteiger charge is 2.27. The average molecular weight is 233 g/mol. The Hall–Kier alpha value is -1.06. The quantitative estimate of drug-likeness (QED) is 0.841. The minimum atomic E-state index is 0.417. The van der Waals surface area contributed by atoms with Gasteiger partial charge in [0, 0.05) is 24.8 Å².